The Morgan fingerprint density at radius 3 is 2.42 bits per heavy atom. The normalized spacial score (nSPS) is 23.3. The molecule has 0 heterocycles. The second-order valence-corrected chi connectivity index (χ2v) is 5.05. The maximum Gasteiger partial charge on any atom is 0.322 e. The number of esters is 1. The average molecular weight is 263 g/mol. The summed E-state index contributed by atoms with van der Waals surface area (Å²) in [6.45, 7) is 1.84. The first-order valence-electron chi connectivity index (χ1n) is 6.62. The van der Waals surface area contributed by atoms with Crippen molar-refractivity contribution in [3.63, 3.8) is 0 Å². The lowest BCUT2D eigenvalue weighted by molar-refractivity contribution is -0.143. The number of methoxy groups -OCH3 is 2. The third-order valence-electron chi connectivity index (χ3n) is 3.77. The molecular weight excluding hydrogens is 242 g/mol. The fraction of sp³-hybridized carbons (Fsp3) is 0.533. The van der Waals surface area contributed by atoms with Crippen LogP contribution in [0.1, 0.15) is 31.2 Å². The van der Waals surface area contributed by atoms with Gasteiger partial charge in [-0.3, -0.25) is 4.79 Å². The summed E-state index contributed by atoms with van der Waals surface area (Å²) in [5.41, 5.74) is 1.34. The predicted molar refractivity (Wildman–Crippen MR) is 73.4 cm³/mol. The van der Waals surface area contributed by atoms with Crippen LogP contribution >= 0.6 is 0 Å². The number of hydrogen-bond donors (Lipinski definition) is 1. The first-order valence-corrected chi connectivity index (χ1v) is 6.62. The predicted octanol–water partition coefficient (Wildman–Crippen LogP) is 2.09. The lowest BCUT2D eigenvalue weighted by atomic mass is 9.75. The van der Waals surface area contributed by atoms with Gasteiger partial charge in [0.2, 0.25) is 0 Å². The summed E-state index contributed by atoms with van der Waals surface area (Å²) in [5, 5.41) is 3.29. The fourth-order valence-corrected chi connectivity index (χ4v) is 2.50. The summed E-state index contributed by atoms with van der Waals surface area (Å²) in [6.07, 6.45) is 2.13. The molecule has 0 bridgehead atoms. The average Bonchev–Trinajstić information content (AvgIpc) is 2.41. The van der Waals surface area contributed by atoms with Gasteiger partial charge in [0.05, 0.1) is 14.2 Å². The van der Waals surface area contributed by atoms with Crippen molar-refractivity contribution < 1.29 is 14.3 Å². The zero-order chi connectivity index (χ0) is 13.8. The molecule has 1 aliphatic carbocycles. The van der Waals surface area contributed by atoms with Crippen LogP contribution in [0.15, 0.2) is 24.3 Å². The Morgan fingerprint density at radius 2 is 1.89 bits per heavy atom. The minimum Gasteiger partial charge on any atom is -0.497 e. The number of ether oxygens (including phenoxy) is 2. The second kappa shape index (κ2) is 6.06. The van der Waals surface area contributed by atoms with E-state index in [2.05, 4.69) is 17.4 Å². The lowest BCUT2D eigenvalue weighted by Crippen LogP contribution is -2.47. The fourth-order valence-electron chi connectivity index (χ4n) is 2.50. The largest absolute Gasteiger partial charge is 0.497 e. The van der Waals surface area contributed by atoms with Gasteiger partial charge in [-0.1, -0.05) is 12.1 Å². The lowest BCUT2D eigenvalue weighted by Gasteiger charge is -2.37. The van der Waals surface area contributed by atoms with Gasteiger partial charge >= 0.3 is 5.97 Å². The van der Waals surface area contributed by atoms with E-state index in [1.54, 1.807) is 7.11 Å². The van der Waals surface area contributed by atoms with Crippen LogP contribution in [0.25, 0.3) is 0 Å². The first kappa shape index (κ1) is 13.9. The molecule has 0 aliphatic heterocycles. The Balaban J connectivity index is 1.80. The van der Waals surface area contributed by atoms with E-state index in [4.69, 9.17) is 9.47 Å². The van der Waals surface area contributed by atoms with Crippen molar-refractivity contribution in [2.75, 3.05) is 14.2 Å². The van der Waals surface area contributed by atoms with Crippen molar-refractivity contribution in [3.8, 4) is 5.75 Å². The number of benzene rings is 1. The zero-order valence-corrected chi connectivity index (χ0v) is 11.7. The molecule has 2 rings (SSSR count). The van der Waals surface area contributed by atoms with Crippen LogP contribution < -0.4 is 10.1 Å². The molecule has 1 N–H and O–H groups in total. The molecule has 1 aromatic carbocycles. The maximum absolute atomic E-state index is 11.3. The molecule has 1 unspecified atom stereocenters. The Hall–Kier alpha value is -1.55. The Kier molecular flexibility index (Phi) is 4.43. The van der Waals surface area contributed by atoms with E-state index in [0.29, 0.717) is 12.0 Å². The van der Waals surface area contributed by atoms with E-state index in [1.807, 2.05) is 19.1 Å². The number of rotatable bonds is 5. The van der Waals surface area contributed by atoms with Crippen molar-refractivity contribution >= 4 is 5.97 Å². The molecule has 0 amide bonds. The zero-order valence-electron chi connectivity index (χ0n) is 11.7. The number of nitrogens with one attached hydrogen (secondary N) is 1. The smallest absolute Gasteiger partial charge is 0.322 e. The van der Waals surface area contributed by atoms with Crippen molar-refractivity contribution in [1.82, 2.24) is 5.32 Å². The Labute approximate surface area is 114 Å². The second-order valence-electron chi connectivity index (χ2n) is 5.05. The Morgan fingerprint density at radius 1 is 1.26 bits per heavy atom. The molecule has 1 saturated carbocycles. The van der Waals surface area contributed by atoms with Gasteiger partial charge in [-0.2, -0.15) is 0 Å². The van der Waals surface area contributed by atoms with Crippen molar-refractivity contribution in [1.29, 1.82) is 0 Å². The highest BCUT2D eigenvalue weighted by atomic mass is 16.5. The van der Waals surface area contributed by atoms with E-state index in [1.165, 1.54) is 12.7 Å². The maximum atomic E-state index is 11.3. The minimum absolute atomic E-state index is 0.201. The first-order chi connectivity index (χ1) is 9.13. The highest BCUT2D eigenvalue weighted by molar-refractivity contribution is 5.75. The summed E-state index contributed by atoms with van der Waals surface area (Å²) in [7, 11) is 3.09. The molecule has 19 heavy (non-hydrogen) atoms. The summed E-state index contributed by atoms with van der Waals surface area (Å²) < 4.78 is 9.85. The molecule has 1 fully saturated rings. The molecular formula is C15H21NO3. The topological polar surface area (TPSA) is 47.6 Å². The summed E-state index contributed by atoms with van der Waals surface area (Å²) in [4.78, 5) is 11.3. The summed E-state index contributed by atoms with van der Waals surface area (Å²) in [6, 6.07) is 8.39. The number of carbonyl (C=O) groups is 1. The van der Waals surface area contributed by atoms with E-state index in [-0.39, 0.29) is 12.0 Å². The molecule has 0 aromatic heterocycles. The van der Waals surface area contributed by atoms with E-state index >= 15 is 0 Å². The third kappa shape index (κ3) is 3.26. The quantitative estimate of drug-likeness (QED) is 0.826. The van der Waals surface area contributed by atoms with E-state index in [9.17, 15) is 4.79 Å². The SMILES string of the molecule is COC(=O)C(C)NC1CC(c2ccc(OC)cc2)C1. The van der Waals surface area contributed by atoms with Gasteiger partial charge in [-0.25, -0.2) is 0 Å². The van der Waals surface area contributed by atoms with Crippen LogP contribution in [0, 0.1) is 0 Å². The van der Waals surface area contributed by atoms with Crippen molar-refractivity contribution in [2.45, 2.75) is 37.8 Å². The number of carbonyl (C=O) groups excluding carboxylic acids is 1. The molecule has 0 radical (unpaired) electrons. The molecule has 1 atom stereocenters. The highest BCUT2D eigenvalue weighted by Crippen LogP contribution is 2.37. The molecule has 4 heteroatoms. The van der Waals surface area contributed by atoms with E-state index in [0.717, 1.165) is 18.6 Å². The van der Waals surface area contributed by atoms with Crippen LogP contribution in [-0.4, -0.2) is 32.3 Å². The molecule has 1 aromatic rings. The monoisotopic (exact) mass is 263 g/mol. The van der Waals surface area contributed by atoms with Gasteiger partial charge in [0.1, 0.15) is 11.8 Å². The summed E-state index contributed by atoms with van der Waals surface area (Å²) in [5.74, 6) is 1.26. The van der Waals surface area contributed by atoms with Gasteiger partial charge in [-0.05, 0) is 43.4 Å². The van der Waals surface area contributed by atoms with Gasteiger partial charge in [0.25, 0.3) is 0 Å². The molecule has 1 aliphatic rings. The van der Waals surface area contributed by atoms with E-state index < -0.39 is 0 Å². The molecule has 0 spiro atoms. The molecule has 4 nitrogen and oxygen atoms in total. The highest BCUT2D eigenvalue weighted by Gasteiger charge is 2.32. The van der Waals surface area contributed by atoms with Crippen molar-refractivity contribution in [2.24, 2.45) is 0 Å². The van der Waals surface area contributed by atoms with Gasteiger partial charge in [0.15, 0.2) is 0 Å². The van der Waals surface area contributed by atoms with Crippen LogP contribution in [0.4, 0.5) is 0 Å². The van der Waals surface area contributed by atoms with Gasteiger partial charge in [-0.15, -0.1) is 0 Å². The third-order valence-corrected chi connectivity index (χ3v) is 3.77. The molecule has 0 saturated heterocycles. The van der Waals surface area contributed by atoms with Crippen LogP contribution in [0.5, 0.6) is 5.75 Å². The van der Waals surface area contributed by atoms with Crippen LogP contribution in [0.3, 0.4) is 0 Å². The minimum atomic E-state index is -0.230. The standard InChI is InChI=1S/C15H21NO3/c1-10(15(17)19-3)16-13-8-12(9-13)11-4-6-14(18-2)7-5-11/h4-7,10,12-13,16H,8-9H2,1-3H3. The van der Waals surface area contributed by atoms with Gasteiger partial charge < -0.3 is 14.8 Å². The summed E-state index contributed by atoms with van der Waals surface area (Å²) >= 11 is 0. The Bertz CT molecular complexity index is 424. The van der Waals surface area contributed by atoms with Crippen LogP contribution in [-0.2, 0) is 9.53 Å². The van der Waals surface area contributed by atoms with Crippen LogP contribution in [0.2, 0.25) is 0 Å². The molecule has 104 valence electrons. The van der Waals surface area contributed by atoms with Crippen molar-refractivity contribution in [3.05, 3.63) is 29.8 Å². The number of hydrogen-bond acceptors (Lipinski definition) is 4. The van der Waals surface area contributed by atoms with Gasteiger partial charge in [0, 0.05) is 6.04 Å².